The zero-order valence-electron chi connectivity index (χ0n) is 20.3. The van der Waals surface area contributed by atoms with Crippen LogP contribution in [0.1, 0.15) is 35.2 Å². The maximum absolute atomic E-state index is 13.2. The van der Waals surface area contributed by atoms with E-state index in [0.29, 0.717) is 29.2 Å². The number of carbonyl (C=O) groups excluding carboxylic acids is 3. The number of likely N-dealkylation sites (N-methyl/N-ethyl adjacent to an activating group) is 1. The lowest BCUT2D eigenvalue weighted by Gasteiger charge is -2.27. The van der Waals surface area contributed by atoms with E-state index in [1.165, 1.54) is 18.9 Å². The monoisotopic (exact) mass is 466 g/mol. The van der Waals surface area contributed by atoms with E-state index in [0.717, 1.165) is 11.1 Å². The normalized spacial score (nSPS) is 17.4. The van der Waals surface area contributed by atoms with Crippen molar-refractivity contribution in [2.24, 2.45) is 0 Å². The second kappa shape index (κ2) is 10.1. The molecule has 1 heterocycles. The molecule has 2 aromatic carbocycles. The van der Waals surface area contributed by atoms with E-state index in [1.54, 1.807) is 30.3 Å². The SMILES string of the molecule is COc1c(C)cc(C)cc1/C(O)=C1\C(=O)C(=O)N(CCN(C)C)C1c1ccc(OC(C)=O)cc1. The number of methoxy groups -OCH3 is 1. The quantitative estimate of drug-likeness (QED) is 0.220. The van der Waals surface area contributed by atoms with Crippen LogP contribution >= 0.6 is 0 Å². The number of carbonyl (C=O) groups is 3. The number of rotatable bonds is 7. The number of aliphatic hydroxyl groups is 1. The predicted molar refractivity (Wildman–Crippen MR) is 128 cm³/mol. The maximum Gasteiger partial charge on any atom is 0.308 e. The summed E-state index contributed by atoms with van der Waals surface area (Å²) in [6, 6.07) is 9.40. The number of benzene rings is 2. The first-order chi connectivity index (χ1) is 16.0. The van der Waals surface area contributed by atoms with Gasteiger partial charge in [-0.1, -0.05) is 18.2 Å². The van der Waals surface area contributed by atoms with Crippen molar-refractivity contribution in [2.75, 3.05) is 34.3 Å². The first-order valence-corrected chi connectivity index (χ1v) is 10.9. The van der Waals surface area contributed by atoms with E-state index in [1.807, 2.05) is 38.9 Å². The second-order valence-corrected chi connectivity index (χ2v) is 8.62. The summed E-state index contributed by atoms with van der Waals surface area (Å²) >= 11 is 0. The summed E-state index contributed by atoms with van der Waals surface area (Å²) in [5.41, 5.74) is 2.63. The molecule has 0 spiro atoms. The lowest BCUT2D eigenvalue weighted by atomic mass is 9.93. The molecule has 0 radical (unpaired) electrons. The van der Waals surface area contributed by atoms with Crippen molar-refractivity contribution in [1.29, 1.82) is 0 Å². The fraction of sp³-hybridized carbons (Fsp3) is 0.346. The van der Waals surface area contributed by atoms with Gasteiger partial charge in [0.1, 0.15) is 17.3 Å². The molecule has 1 fully saturated rings. The number of nitrogens with zero attached hydrogens (tertiary/aromatic N) is 2. The highest BCUT2D eigenvalue weighted by molar-refractivity contribution is 6.46. The highest BCUT2D eigenvalue weighted by Crippen LogP contribution is 2.42. The Hall–Kier alpha value is -3.65. The van der Waals surface area contributed by atoms with Crippen LogP contribution in [0.25, 0.3) is 5.76 Å². The van der Waals surface area contributed by atoms with Crippen LogP contribution in [0.4, 0.5) is 0 Å². The molecule has 1 unspecified atom stereocenters. The van der Waals surface area contributed by atoms with Crippen molar-refractivity contribution in [1.82, 2.24) is 9.80 Å². The molecule has 1 aliphatic rings. The van der Waals surface area contributed by atoms with Crippen LogP contribution in [0, 0.1) is 13.8 Å². The zero-order valence-corrected chi connectivity index (χ0v) is 20.3. The van der Waals surface area contributed by atoms with Crippen LogP contribution < -0.4 is 9.47 Å². The van der Waals surface area contributed by atoms with Crippen LogP contribution in [0.2, 0.25) is 0 Å². The van der Waals surface area contributed by atoms with Gasteiger partial charge in [-0.25, -0.2) is 0 Å². The minimum absolute atomic E-state index is 0.00714. The van der Waals surface area contributed by atoms with Gasteiger partial charge in [0.15, 0.2) is 0 Å². The van der Waals surface area contributed by atoms with Gasteiger partial charge in [0.25, 0.3) is 11.7 Å². The number of hydrogen-bond acceptors (Lipinski definition) is 7. The molecule has 1 saturated heterocycles. The minimum Gasteiger partial charge on any atom is -0.507 e. The summed E-state index contributed by atoms with van der Waals surface area (Å²) in [6.45, 7) is 5.85. The van der Waals surface area contributed by atoms with Crippen LogP contribution in [-0.2, 0) is 14.4 Å². The lowest BCUT2D eigenvalue weighted by molar-refractivity contribution is -0.140. The van der Waals surface area contributed by atoms with Crippen LogP contribution in [0.3, 0.4) is 0 Å². The Kier molecular flexibility index (Phi) is 7.41. The van der Waals surface area contributed by atoms with E-state index in [-0.39, 0.29) is 17.9 Å². The molecule has 1 aliphatic heterocycles. The molecule has 2 aromatic rings. The van der Waals surface area contributed by atoms with Gasteiger partial charge >= 0.3 is 5.97 Å². The van der Waals surface area contributed by atoms with Crippen molar-refractivity contribution in [3.05, 3.63) is 64.2 Å². The van der Waals surface area contributed by atoms with Gasteiger partial charge in [0.05, 0.1) is 24.3 Å². The molecule has 0 saturated carbocycles. The predicted octanol–water partition coefficient (Wildman–Crippen LogP) is 3.22. The molecule has 0 aromatic heterocycles. The average Bonchev–Trinajstić information content (AvgIpc) is 3.01. The smallest absolute Gasteiger partial charge is 0.308 e. The molecule has 3 rings (SSSR count). The summed E-state index contributed by atoms with van der Waals surface area (Å²) < 4.78 is 10.6. The van der Waals surface area contributed by atoms with Gasteiger partial charge in [-0.2, -0.15) is 0 Å². The molecule has 180 valence electrons. The van der Waals surface area contributed by atoms with E-state index in [2.05, 4.69) is 0 Å². The summed E-state index contributed by atoms with van der Waals surface area (Å²) in [4.78, 5) is 40.9. The average molecular weight is 467 g/mol. The Bertz CT molecular complexity index is 1150. The van der Waals surface area contributed by atoms with Crippen LogP contribution in [0.15, 0.2) is 42.0 Å². The zero-order chi connectivity index (χ0) is 25.2. The fourth-order valence-corrected chi connectivity index (χ4v) is 4.20. The van der Waals surface area contributed by atoms with Crippen LogP contribution in [-0.4, -0.2) is 66.9 Å². The van der Waals surface area contributed by atoms with Crippen molar-refractivity contribution in [3.8, 4) is 11.5 Å². The number of ketones is 1. The van der Waals surface area contributed by atoms with Gasteiger partial charge in [-0.15, -0.1) is 0 Å². The molecule has 0 aliphatic carbocycles. The Morgan fingerprint density at radius 2 is 1.76 bits per heavy atom. The largest absolute Gasteiger partial charge is 0.507 e. The number of hydrogen-bond donors (Lipinski definition) is 1. The fourth-order valence-electron chi connectivity index (χ4n) is 4.20. The number of Topliss-reactive ketones (excluding diaryl/α,β-unsaturated/α-hetero) is 1. The number of ether oxygens (including phenoxy) is 2. The van der Waals surface area contributed by atoms with E-state index < -0.39 is 23.7 Å². The standard InChI is InChI=1S/C26H30N2O6/c1-15-13-16(2)25(33-6)20(14-15)23(30)21-22(18-7-9-19(10-8-18)34-17(3)29)28(12-11-27(4)5)26(32)24(21)31/h7-10,13-14,22,30H,11-12H2,1-6H3/b23-21+. The maximum atomic E-state index is 13.2. The summed E-state index contributed by atoms with van der Waals surface area (Å²) in [6.07, 6.45) is 0. The molecule has 0 bridgehead atoms. The van der Waals surface area contributed by atoms with Gasteiger partial charge in [0.2, 0.25) is 0 Å². The van der Waals surface area contributed by atoms with Crippen molar-refractivity contribution in [2.45, 2.75) is 26.8 Å². The topological polar surface area (TPSA) is 96.4 Å². The number of aryl methyl sites for hydroxylation is 2. The van der Waals surface area contributed by atoms with Crippen molar-refractivity contribution < 1.29 is 29.0 Å². The summed E-state index contributed by atoms with van der Waals surface area (Å²) in [5.74, 6) is -1.40. The van der Waals surface area contributed by atoms with Gasteiger partial charge < -0.3 is 24.4 Å². The van der Waals surface area contributed by atoms with Crippen molar-refractivity contribution >= 4 is 23.4 Å². The molecule has 34 heavy (non-hydrogen) atoms. The Morgan fingerprint density at radius 3 is 2.32 bits per heavy atom. The highest BCUT2D eigenvalue weighted by Gasteiger charge is 2.46. The summed E-state index contributed by atoms with van der Waals surface area (Å²) in [5, 5.41) is 11.4. The second-order valence-electron chi connectivity index (χ2n) is 8.62. The Morgan fingerprint density at radius 1 is 1.12 bits per heavy atom. The third-order valence-corrected chi connectivity index (χ3v) is 5.66. The molecule has 1 N–H and O–H groups in total. The molecule has 1 atom stereocenters. The van der Waals surface area contributed by atoms with Gasteiger partial charge in [0, 0.05) is 20.0 Å². The molecule has 1 amide bonds. The summed E-state index contributed by atoms with van der Waals surface area (Å²) in [7, 11) is 5.25. The lowest BCUT2D eigenvalue weighted by Crippen LogP contribution is -2.35. The molecule has 8 nitrogen and oxygen atoms in total. The van der Waals surface area contributed by atoms with Crippen LogP contribution in [0.5, 0.6) is 11.5 Å². The van der Waals surface area contributed by atoms with Gasteiger partial charge in [-0.05, 0) is 62.8 Å². The molecular formula is C26H30N2O6. The third-order valence-electron chi connectivity index (χ3n) is 5.66. The van der Waals surface area contributed by atoms with E-state index in [9.17, 15) is 19.5 Å². The first kappa shape index (κ1) is 25.0. The molecule has 8 heteroatoms. The Balaban J connectivity index is 2.20. The highest BCUT2D eigenvalue weighted by atomic mass is 16.5. The van der Waals surface area contributed by atoms with E-state index in [4.69, 9.17) is 9.47 Å². The van der Waals surface area contributed by atoms with Gasteiger partial charge in [-0.3, -0.25) is 14.4 Å². The number of esters is 1. The molecular weight excluding hydrogens is 436 g/mol. The number of aliphatic hydroxyl groups excluding tert-OH is 1. The first-order valence-electron chi connectivity index (χ1n) is 10.9. The number of likely N-dealkylation sites (tertiary alicyclic amines) is 1. The Labute approximate surface area is 199 Å². The third kappa shape index (κ3) is 4.97. The number of amides is 1. The van der Waals surface area contributed by atoms with Crippen molar-refractivity contribution in [3.63, 3.8) is 0 Å². The minimum atomic E-state index is -0.808. The van der Waals surface area contributed by atoms with E-state index >= 15 is 0 Å².